The number of carbonyl (C=O) groups is 1. The molecular weight excluding hydrogens is 288 g/mol. The summed E-state index contributed by atoms with van der Waals surface area (Å²) in [6, 6.07) is 8.14. The SMILES string of the molecule is CCCN(C)C(=O)c1cn2ccnc(-c3ccc(C)cc3)c2n1. The van der Waals surface area contributed by atoms with Gasteiger partial charge < -0.3 is 9.30 Å². The molecule has 23 heavy (non-hydrogen) atoms. The molecule has 0 aliphatic heterocycles. The van der Waals surface area contributed by atoms with Crippen LogP contribution in [0.1, 0.15) is 29.4 Å². The lowest BCUT2D eigenvalue weighted by Gasteiger charge is -2.13. The number of aryl methyl sites for hydroxylation is 1. The van der Waals surface area contributed by atoms with Gasteiger partial charge in [-0.1, -0.05) is 36.8 Å². The van der Waals surface area contributed by atoms with E-state index in [0.717, 1.165) is 24.2 Å². The zero-order valence-electron chi connectivity index (χ0n) is 13.7. The number of benzene rings is 1. The van der Waals surface area contributed by atoms with Gasteiger partial charge in [0.05, 0.1) is 0 Å². The highest BCUT2D eigenvalue weighted by Gasteiger charge is 2.17. The first-order valence-corrected chi connectivity index (χ1v) is 7.76. The Morgan fingerprint density at radius 3 is 2.70 bits per heavy atom. The summed E-state index contributed by atoms with van der Waals surface area (Å²) in [6.45, 7) is 4.82. The van der Waals surface area contributed by atoms with Crippen molar-refractivity contribution in [2.24, 2.45) is 0 Å². The summed E-state index contributed by atoms with van der Waals surface area (Å²) in [7, 11) is 1.80. The number of rotatable bonds is 4. The smallest absolute Gasteiger partial charge is 0.273 e. The minimum Gasteiger partial charge on any atom is -0.340 e. The molecule has 5 heteroatoms. The van der Waals surface area contributed by atoms with E-state index in [1.54, 1.807) is 24.3 Å². The second-order valence-corrected chi connectivity index (χ2v) is 5.73. The largest absolute Gasteiger partial charge is 0.340 e. The number of carbonyl (C=O) groups excluding carboxylic acids is 1. The summed E-state index contributed by atoms with van der Waals surface area (Å²) in [5.41, 5.74) is 4.12. The normalized spacial score (nSPS) is 10.9. The maximum absolute atomic E-state index is 12.4. The predicted molar refractivity (Wildman–Crippen MR) is 90.4 cm³/mol. The van der Waals surface area contributed by atoms with E-state index < -0.39 is 0 Å². The van der Waals surface area contributed by atoms with Crippen LogP contribution in [-0.2, 0) is 0 Å². The van der Waals surface area contributed by atoms with Gasteiger partial charge in [0.25, 0.3) is 5.91 Å². The van der Waals surface area contributed by atoms with Crippen LogP contribution in [0.5, 0.6) is 0 Å². The topological polar surface area (TPSA) is 50.5 Å². The van der Waals surface area contributed by atoms with Crippen LogP contribution in [0.4, 0.5) is 0 Å². The van der Waals surface area contributed by atoms with Crippen molar-refractivity contribution in [3.63, 3.8) is 0 Å². The molecule has 5 nitrogen and oxygen atoms in total. The Hall–Kier alpha value is -2.69. The Bertz CT molecular complexity index is 836. The fraction of sp³-hybridized carbons (Fsp3) is 0.278. The number of aromatic nitrogens is 3. The lowest BCUT2D eigenvalue weighted by Crippen LogP contribution is -2.27. The molecule has 0 aliphatic carbocycles. The van der Waals surface area contributed by atoms with Crippen LogP contribution >= 0.6 is 0 Å². The maximum Gasteiger partial charge on any atom is 0.273 e. The third-order valence-electron chi connectivity index (χ3n) is 3.82. The van der Waals surface area contributed by atoms with Crippen LogP contribution < -0.4 is 0 Å². The molecule has 2 heterocycles. The van der Waals surface area contributed by atoms with Crippen molar-refractivity contribution >= 4 is 11.6 Å². The Kier molecular flexibility index (Phi) is 4.10. The Labute approximate surface area is 135 Å². The first kappa shape index (κ1) is 15.2. The van der Waals surface area contributed by atoms with E-state index in [9.17, 15) is 4.79 Å². The molecule has 0 aliphatic rings. The quantitative estimate of drug-likeness (QED) is 0.744. The van der Waals surface area contributed by atoms with E-state index in [2.05, 4.69) is 9.97 Å². The third kappa shape index (κ3) is 2.95. The van der Waals surface area contributed by atoms with E-state index >= 15 is 0 Å². The van der Waals surface area contributed by atoms with Crippen molar-refractivity contribution in [1.29, 1.82) is 0 Å². The summed E-state index contributed by atoms with van der Waals surface area (Å²) in [5.74, 6) is -0.0644. The molecule has 2 aromatic heterocycles. The molecule has 3 aromatic rings. The van der Waals surface area contributed by atoms with Gasteiger partial charge in [-0.3, -0.25) is 9.78 Å². The van der Waals surface area contributed by atoms with Gasteiger partial charge >= 0.3 is 0 Å². The lowest BCUT2D eigenvalue weighted by molar-refractivity contribution is 0.0790. The molecule has 0 saturated heterocycles. The molecule has 0 unspecified atom stereocenters. The molecule has 0 spiro atoms. The Morgan fingerprint density at radius 1 is 1.26 bits per heavy atom. The van der Waals surface area contributed by atoms with Gasteiger partial charge in [-0.25, -0.2) is 4.98 Å². The number of imidazole rings is 1. The van der Waals surface area contributed by atoms with Gasteiger partial charge in [-0.15, -0.1) is 0 Å². The Balaban J connectivity index is 2.05. The van der Waals surface area contributed by atoms with E-state index in [0.29, 0.717) is 11.3 Å². The van der Waals surface area contributed by atoms with Crippen LogP contribution in [0.3, 0.4) is 0 Å². The first-order chi connectivity index (χ1) is 11.1. The molecule has 0 atom stereocenters. The Morgan fingerprint density at radius 2 is 2.00 bits per heavy atom. The highest BCUT2D eigenvalue weighted by atomic mass is 16.2. The number of hydrogen-bond donors (Lipinski definition) is 0. The molecule has 0 bridgehead atoms. The third-order valence-corrected chi connectivity index (χ3v) is 3.82. The van der Waals surface area contributed by atoms with Gasteiger partial charge in [0, 0.05) is 37.7 Å². The monoisotopic (exact) mass is 308 g/mol. The van der Waals surface area contributed by atoms with Crippen molar-refractivity contribution in [3.05, 3.63) is 54.1 Å². The summed E-state index contributed by atoms with van der Waals surface area (Å²) < 4.78 is 1.86. The summed E-state index contributed by atoms with van der Waals surface area (Å²) >= 11 is 0. The molecule has 1 amide bonds. The minimum absolute atomic E-state index is 0.0644. The van der Waals surface area contributed by atoms with Crippen molar-refractivity contribution in [1.82, 2.24) is 19.3 Å². The number of nitrogens with zero attached hydrogens (tertiary/aromatic N) is 4. The molecule has 3 rings (SSSR count). The zero-order valence-corrected chi connectivity index (χ0v) is 13.7. The van der Waals surface area contributed by atoms with Crippen LogP contribution in [-0.4, -0.2) is 38.8 Å². The van der Waals surface area contributed by atoms with Gasteiger partial charge in [-0.05, 0) is 13.3 Å². The van der Waals surface area contributed by atoms with E-state index in [1.165, 1.54) is 5.56 Å². The molecular formula is C18H20N4O. The van der Waals surface area contributed by atoms with Crippen molar-refractivity contribution in [2.75, 3.05) is 13.6 Å². The van der Waals surface area contributed by atoms with Crippen molar-refractivity contribution in [3.8, 4) is 11.3 Å². The van der Waals surface area contributed by atoms with E-state index in [4.69, 9.17) is 0 Å². The lowest BCUT2D eigenvalue weighted by atomic mass is 10.1. The minimum atomic E-state index is -0.0644. The second kappa shape index (κ2) is 6.20. The highest BCUT2D eigenvalue weighted by molar-refractivity contribution is 5.93. The average molecular weight is 308 g/mol. The maximum atomic E-state index is 12.4. The van der Waals surface area contributed by atoms with Gasteiger partial charge in [-0.2, -0.15) is 0 Å². The van der Waals surface area contributed by atoms with Crippen LogP contribution in [0.25, 0.3) is 16.9 Å². The molecule has 0 radical (unpaired) electrons. The fourth-order valence-corrected chi connectivity index (χ4v) is 2.57. The van der Waals surface area contributed by atoms with Gasteiger partial charge in [0.1, 0.15) is 11.4 Å². The standard InChI is InChI=1S/C18H20N4O/c1-4-10-21(3)18(23)15-12-22-11-9-19-16(17(22)20-15)14-7-5-13(2)6-8-14/h5-9,11-12H,4,10H2,1-3H3. The molecule has 0 saturated carbocycles. The number of hydrogen-bond acceptors (Lipinski definition) is 3. The zero-order chi connectivity index (χ0) is 16.4. The number of amides is 1. The predicted octanol–water partition coefficient (Wildman–Crippen LogP) is 3.19. The van der Waals surface area contributed by atoms with Crippen LogP contribution in [0.2, 0.25) is 0 Å². The van der Waals surface area contributed by atoms with E-state index in [1.807, 2.05) is 48.7 Å². The second-order valence-electron chi connectivity index (χ2n) is 5.73. The fourth-order valence-electron chi connectivity index (χ4n) is 2.57. The molecule has 0 N–H and O–H groups in total. The molecule has 1 aromatic carbocycles. The van der Waals surface area contributed by atoms with E-state index in [-0.39, 0.29) is 5.91 Å². The highest BCUT2D eigenvalue weighted by Crippen LogP contribution is 2.22. The van der Waals surface area contributed by atoms with Gasteiger partial charge in [0.2, 0.25) is 0 Å². The van der Waals surface area contributed by atoms with Crippen LogP contribution in [0.15, 0.2) is 42.9 Å². The molecule has 0 fully saturated rings. The summed E-state index contributed by atoms with van der Waals surface area (Å²) in [4.78, 5) is 23.1. The average Bonchev–Trinajstić information content (AvgIpc) is 2.99. The van der Waals surface area contributed by atoms with Crippen molar-refractivity contribution < 1.29 is 4.79 Å². The summed E-state index contributed by atoms with van der Waals surface area (Å²) in [5, 5.41) is 0. The van der Waals surface area contributed by atoms with Crippen molar-refractivity contribution in [2.45, 2.75) is 20.3 Å². The van der Waals surface area contributed by atoms with Crippen LogP contribution in [0, 0.1) is 6.92 Å². The summed E-state index contributed by atoms with van der Waals surface area (Å²) in [6.07, 6.45) is 6.24. The molecule has 118 valence electrons. The number of fused-ring (bicyclic) bond motifs is 1. The van der Waals surface area contributed by atoms with Gasteiger partial charge in [0.15, 0.2) is 5.65 Å². The first-order valence-electron chi connectivity index (χ1n) is 7.76.